The third kappa shape index (κ3) is 3.98. The van der Waals surface area contributed by atoms with E-state index in [2.05, 4.69) is 5.32 Å². The summed E-state index contributed by atoms with van der Waals surface area (Å²) in [6.45, 7) is 3.55. The van der Waals surface area contributed by atoms with Crippen LogP contribution in [0.3, 0.4) is 0 Å². The molecule has 31 heavy (non-hydrogen) atoms. The fraction of sp³-hybridized carbons (Fsp3) is 0.182. The van der Waals surface area contributed by atoms with Crippen molar-refractivity contribution in [3.8, 4) is 0 Å². The molecule has 6 nitrogen and oxygen atoms in total. The third-order valence-electron chi connectivity index (χ3n) is 4.90. The second-order valence-corrected chi connectivity index (χ2v) is 9.39. The van der Waals surface area contributed by atoms with Crippen LogP contribution in [-0.2, 0) is 14.4 Å². The highest BCUT2D eigenvalue weighted by Gasteiger charge is 2.43. The molecule has 2 aromatic carbocycles. The highest BCUT2D eigenvalue weighted by molar-refractivity contribution is 8.26. The minimum atomic E-state index is -0.392. The van der Waals surface area contributed by atoms with Gasteiger partial charge in [-0.05, 0) is 44.2 Å². The van der Waals surface area contributed by atoms with Crippen LogP contribution in [-0.4, -0.2) is 39.5 Å². The van der Waals surface area contributed by atoms with Crippen LogP contribution in [0.1, 0.15) is 19.4 Å². The van der Waals surface area contributed by atoms with Crippen LogP contribution in [0.25, 0.3) is 5.57 Å². The minimum absolute atomic E-state index is 0.112. The van der Waals surface area contributed by atoms with Gasteiger partial charge in [0.15, 0.2) is 0 Å². The van der Waals surface area contributed by atoms with E-state index in [0.717, 1.165) is 11.8 Å². The van der Waals surface area contributed by atoms with Crippen molar-refractivity contribution in [3.63, 3.8) is 0 Å². The van der Waals surface area contributed by atoms with Gasteiger partial charge in [-0.2, -0.15) is 0 Å². The monoisotopic (exact) mass is 471 g/mol. The first-order valence-electron chi connectivity index (χ1n) is 9.54. The molecule has 4 rings (SSSR count). The summed E-state index contributed by atoms with van der Waals surface area (Å²) in [4.78, 5) is 42.2. The van der Waals surface area contributed by atoms with Crippen LogP contribution >= 0.6 is 35.6 Å². The predicted octanol–water partition coefficient (Wildman–Crippen LogP) is 4.31. The number of hydrogen-bond acceptors (Lipinski definition) is 5. The zero-order valence-electron chi connectivity index (χ0n) is 16.7. The van der Waals surface area contributed by atoms with Gasteiger partial charge in [0.25, 0.3) is 11.8 Å². The Morgan fingerprint density at radius 3 is 2.42 bits per heavy atom. The highest BCUT2D eigenvalue weighted by Crippen LogP contribution is 2.44. The van der Waals surface area contributed by atoms with Gasteiger partial charge in [0.1, 0.15) is 10.9 Å². The first kappa shape index (κ1) is 21.5. The van der Waals surface area contributed by atoms with E-state index in [0.29, 0.717) is 31.2 Å². The number of para-hydroxylation sites is 1. The summed E-state index contributed by atoms with van der Waals surface area (Å²) >= 11 is 12.4. The van der Waals surface area contributed by atoms with Crippen molar-refractivity contribution in [2.24, 2.45) is 0 Å². The summed E-state index contributed by atoms with van der Waals surface area (Å²) in [7, 11) is 0. The van der Waals surface area contributed by atoms with Crippen LogP contribution < -0.4 is 10.2 Å². The lowest BCUT2D eigenvalue weighted by Crippen LogP contribution is -2.36. The molecule has 0 atom stereocenters. The molecule has 0 bridgehead atoms. The zero-order chi connectivity index (χ0) is 22.3. The number of fused-ring (bicyclic) bond motifs is 1. The van der Waals surface area contributed by atoms with Crippen LogP contribution in [0.15, 0.2) is 53.4 Å². The second-order valence-electron chi connectivity index (χ2n) is 7.30. The quantitative estimate of drug-likeness (QED) is 0.531. The molecule has 0 spiro atoms. The van der Waals surface area contributed by atoms with Crippen molar-refractivity contribution in [3.05, 3.63) is 64.0 Å². The van der Waals surface area contributed by atoms with Crippen molar-refractivity contribution >= 4 is 74.6 Å². The van der Waals surface area contributed by atoms with E-state index >= 15 is 0 Å². The van der Waals surface area contributed by atoms with E-state index in [4.69, 9.17) is 23.8 Å². The van der Waals surface area contributed by atoms with Crippen LogP contribution in [0.2, 0.25) is 5.02 Å². The number of anilines is 2. The average Bonchev–Trinajstić information content (AvgIpc) is 3.16. The summed E-state index contributed by atoms with van der Waals surface area (Å²) in [5, 5.41) is 3.32. The Morgan fingerprint density at radius 2 is 1.77 bits per heavy atom. The molecule has 2 aliphatic heterocycles. The van der Waals surface area contributed by atoms with E-state index in [9.17, 15) is 14.4 Å². The fourth-order valence-electron chi connectivity index (χ4n) is 3.51. The molecule has 0 unspecified atom stereocenters. The molecule has 158 valence electrons. The Labute approximate surface area is 194 Å². The Balaban J connectivity index is 1.65. The SMILES string of the molecule is CC(C)N1C(=O)C(=C2C(=O)N(CC(=O)Nc3ccc(Cl)cc3)c3ccccc32)SC1=S. The highest BCUT2D eigenvalue weighted by atomic mass is 35.5. The number of rotatable bonds is 4. The number of thioether (sulfide) groups is 1. The standard InChI is InChI=1S/C22H18ClN3O3S2/c1-12(2)26-21(29)19(31-22(26)30)18-15-5-3-4-6-16(15)25(20(18)28)11-17(27)24-14-9-7-13(23)8-10-14/h3-10,12H,11H2,1-2H3,(H,24,27). The number of halogens is 1. The normalized spacial score (nSPS) is 18.3. The van der Waals surface area contributed by atoms with E-state index in [-0.39, 0.29) is 30.0 Å². The van der Waals surface area contributed by atoms with Gasteiger partial charge in [-0.25, -0.2) is 0 Å². The molecular weight excluding hydrogens is 454 g/mol. The number of nitrogens with one attached hydrogen (secondary N) is 1. The van der Waals surface area contributed by atoms with E-state index < -0.39 is 5.91 Å². The lowest BCUT2D eigenvalue weighted by atomic mass is 10.1. The number of carbonyl (C=O) groups excluding carboxylic acids is 3. The first-order valence-corrected chi connectivity index (χ1v) is 11.1. The largest absolute Gasteiger partial charge is 0.325 e. The van der Waals surface area contributed by atoms with Gasteiger partial charge in [0, 0.05) is 22.3 Å². The molecule has 2 aliphatic rings. The number of thiocarbonyl (C=S) groups is 1. The smallest absolute Gasteiger partial charge is 0.267 e. The summed E-state index contributed by atoms with van der Waals surface area (Å²) in [6, 6.07) is 13.7. The van der Waals surface area contributed by atoms with Gasteiger partial charge in [-0.15, -0.1) is 0 Å². The molecule has 1 fully saturated rings. The van der Waals surface area contributed by atoms with Gasteiger partial charge in [-0.3, -0.25) is 24.2 Å². The summed E-state index contributed by atoms with van der Waals surface area (Å²) in [6.07, 6.45) is 0. The van der Waals surface area contributed by atoms with Crippen molar-refractivity contribution in [1.29, 1.82) is 0 Å². The Morgan fingerprint density at radius 1 is 1.10 bits per heavy atom. The molecule has 0 aliphatic carbocycles. The van der Waals surface area contributed by atoms with Crippen LogP contribution in [0.5, 0.6) is 0 Å². The van der Waals surface area contributed by atoms with Gasteiger partial charge in [0.05, 0.1) is 16.2 Å². The molecular formula is C22H18ClN3O3S2. The van der Waals surface area contributed by atoms with Gasteiger partial charge in [-0.1, -0.05) is 53.8 Å². The zero-order valence-corrected chi connectivity index (χ0v) is 19.1. The molecule has 0 aromatic heterocycles. The number of carbonyl (C=O) groups is 3. The minimum Gasteiger partial charge on any atom is -0.325 e. The van der Waals surface area contributed by atoms with Gasteiger partial charge < -0.3 is 5.32 Å². The number of nitrogens with zero attached hydrogens (tertiary/aromatic N) is 2. The lowest BCUT2D eigenvalue weighted by Gasteiger charge is -2.18. The number of amides is 3. The van der Waals surface area contributed by atoms with Crippen molar-refractivity contribution in [2.45, 2.75) is 19.9 Å². The van der Waals surface area contributed by atoms with Crippen LogP contribution in [0, 0.1) is 0 Å². The lowest BCUT2D eigenvalue weighted by molar-refractivity contribution is -0.123. The number of hydrogen-bond donors (Lipinski definition) is 1. The summed E-state index contributed by atoms with van der Waals surface area (Å²) in [5.41, 5.74) is 2.07. The Kier molecular flexibility index (Phi) is 5.88. The molecule has 1 N–H and O–H groups in total. The summed E-state index contributed by atoms with van der Waals surface area (Å²) < 4.78 is 0.423. The third-order valence-corrected chi connectivity index (χ3v) is 6.55. The maximum Gasteiger partial charge on any atom is 0.267 e. The first-order chi connectivity index (χ1) is 14.8. The fourth-order valence-corrected chi connectivity index (χ4v) is 5.23. The molecule has 0 radical (unpaired) electrons. The van der Waals surface area contributed by atoms with E-state index in [1.54, 1.807) is 48.5 Å². The van der Waals surface area contributed by atoms with Crippen LogP contribution in [0.4, 0.5) is 11.4 Å². The van der Waals surface area contributed by atoms with Crippen molar-refractivity contribution in [1.82, 2.24) is 4.90 Å². The van der Waals surface area contributed by atoms with Crippen molar-refractivity contribution in [2.75, 3.05) is 16.8 Å². The maximum absolute atomic E-state index is 13.4. The molecule has 0 saturated carbocycles. The topological polar surface area (TPSA) is 69.7 Å². The maximum atomic E-state index is 13.4. The Bertz CT molecular complexity index is 1140. The summed E-state index contributed by atoms with van der Waals surface area (Å²) in [5.74, 6) is -1.03. The van der Waals surface area contributed by atoms with E-state index in [1.807, 2.05) is 13.8 Å². The Hall–Kier alpha value is -2.68. The molecule has 1 saturated heterocycles. The molecule has 9 heteroatoms. The van der Waals surface area contributed by atoms with Crippen molar-refractivity contribution < 1.29 is 14.4 Å². The molecule has 2 heterocycles. The second kappa shape index (κ2) is 8.45. The molecule has 2 aromatic rings. The average molecular weight is 472 g/mol. The number of benzene rings is 2. The predicted molar refractivity (Wildman–Crippen MR) is 128 cm³/mol. The van der Waals surface area contributed by atoms with E-state index in [1.165, 1.54) is 9.80 Å². The van der Waals surface area contributed by atoms with Gasteiger partial charge >= 0.3 is 0 Å². The molecule has 3 amide bonds. The van der Waals surface area contributed by atoms with Gasteiger partial charge in [0.2, 0.25) is 5.91 Å².